The summed E-state index contributed by atoms with van der Waals surface area (Å²) in [5.41, 5.74) is 0.970. The lowest BCUT2D eigenvalue weighted by Crippen LogP contribution is -2.02. The summed E-state index contributed by atoms with van der Waals surface area (Å²) in [5, 5.41) is 8.76. The third-order valence-electron chi connectivity index (χ3n) is 2.21. The highest BCUT2D eigenvalue weighted by Gasteiger charge is 2.16. The van der Waals surface area contributed by atoms with E-state index in [4.69, 9.17) is 5.11 Å². The minimum atomic E-state index is -1.00. The van der Waals surface area contributed by atoms with Gasteiger partial charge in [0.1, 0.15) is 5.82 Å². The van der Waals surface area contributed by atoms with Crippen molar-refractivity contribution in [2.45, 2.75) is 6.42 Å². The third-order valence-corrected chi connectivity index (χ3v) is 2.58. The van der Waals surface area contributed by atoms with Gasteiger partial charge in [0.25, 0.3) is 0 Å². The molecule has 1 aromatic carbocycles. The molecule has 0 saturated carbocycles. The van der Waals surface area contributed by atoms with Crippen molar-refractivity contribution in [3.63, 3.8) is 0 Å². The maximum Gasteiger partial charge on any atom is 0.309 e. The number of H-pyrrole nitrogens is 1. The molecule has 1 aromatic heterocycles. The first-order valence-corrected chi connectivity index (χ1v) is 5.58. The quantitative estimate of drug-likeness (QED) is 0.915. The fraction of sp³-hybridized carbons (Fsp3) is 0.0909. The summed E-state index contributed by atoms with van der Waals surface area (Å²) in [6, 6.07) is 6.11. The van der Waals surface area contributed by atoms with E-state index in [1.54, 1.807) is 18.2 Å². The number of aliphatic carboxylic acids is 1. The highest BCUT2D eigenvalue weighted by molar-refractivity contribution is 9.10. The van der Waals surface area contributed by atoms with Gasteiger partial charge in [0.15, 0.2) is 4.73 Å². The first-order chi connectivity index (χ1) is 8.08. The Balaban J connectivity index is 2.51. The Kier molecular flexibility index (Phi) is 3.23. The summed E-state index contributed by atoms with van der Waals surface area (Å²) in [6.07, 6.45) is -0.234. The second-order valence-electron chi connectivity index (χ2n) is 3.41. The Labute approximate surface area is 105 Å². The van der Waals surface area contributed by atoms with Crippen LogP contribution >= 0.6 is 15.9 Å². The Morgan fingerprint density at radius 3 is 2.82 bits per heavy atom. The van der Waals surface area contributed by atoms with Crippen LogP contribution in [0.2, 0.25) is 0 Å². The van der Waals surface area contributed by atoms with Gasteiger partial charge in [-0.1, -0.05) is 12.1 Å². The van der Waals surface area contributed by atoms with Gasteiger partial charge in [-0.05, 0) is 28.1 Å². The number of benzene rings is 1. The number of carbonyl (C=O) groups is 1. The molecule has 0 bridgehead atoms. The maximum atomic E-state index is 13.6. The first-order valence-electron chi connectivity index (χ1n) is 4.79. The SMILES string of the molecule is O=C(O)Cc1[nH]c(Br)nc1-c1ccccc1F. The molecule has 0 aliphatic heterocycles. The molecule has 17 heavy (non-hydrogen) atoms. The van der Waals surface area contributed by atoms with Gasteiger partial charge in [0.05, 0.1) is 17.8 Å². The molecule has 4 nitrogen and oxygen atoms in total. The Hall–Kier alpha value is -1.69. The summed E-state index contributed by atoms with van der Waals surface area (Å²) >= 11 is 3.11. The van der Waals surface area contributed by atoms with E-state index in [9.17, 15) is 9.18 Å². The van der Waals surface area contributed by atoms with E-state index in [1.165, 1.54) is 6.07 Å². The predicted molar refractivity (Wildman–Crippen MR) is 63.0 cm³/mol. The summed E-state index contributed by atoms with van der Waals surface area (Å²) in [6.45, 7) is 0. The van der Waals surface area contributed by atoms with Crippen molar-refractivity contribution < 1.29 is 14.3 Å². The zero-order valence-electron chi connectivity index (χ0n) is 8.58. The average molecular weight is 299 g/mol. The Bertz CT molecular complexity index is 568. The van der Waals surface area contributed by atoms with E-state index < -0.39 is 11.8 Å². The Morgan fingerprint density at radius 2 is 2.18 bits per heavy atom. The molecule has 88 valence electrons. The fourth-order valence-corrected chi connectivity index (χ4v) is 1.95. The van der Waals surface area contributed by atoms with Crippen LogP contribution in [0.4, 0.5) is 4.39 Å². The van der Waals surface area contributed by atoms with Crippen LogP contribution in [-0.2, 0) is 11.2 Å². The molecule has 0 fully saturated rings. The van der Waals surface area contributed by atoms with Crippen molar-refractivity contribution in [3.05, 3.63) is 40.5 Å². The van der Waals surface area contributed by atoms with Gasteiger partial charge in [-0.15, -0.1) is 0 Å². The summed E-state index contributed by atoms with van der Waals surface area (Å²) in [5.74, 6) is -1.43. The smallest absolute Gasteiger partial charge is 0.309 e. The van der Waals surface area contributed by atoms with E-state index in [0.717, 1.165) is 0 Å². The normalized spacial score (nSPS) is 10.5. The molecular weight excluding hydrogens is 291 g/mol. The summed E-state index contributed by atoms with van der Waals surface area (Å²) in [7, 11) is 0. The molecule has 0 atom stereocenters. The average Bonchev–Trinajstić information content (AvgIpc) is 2.59. The number of carboxylic acid groups (broad SMARTS) is 1. The van der Waals surface area contributed by atoms with Crippen molar-refractivity contribution >= 4 is 21.9 Å². The first kappa shape index (κ1) is 11.8. The van der Waals surface area contributed by atoms with Crippen LogP contribution in [0.15, 0.2) is 29.0 Å². The van der Waals surface area contributed by atoms with E-state index in [1.807, 2.05) is 0 Å². The van der Waals surface area contributed by atoms with Gasteiger partial charge in [-0.25, -0.2) is 9.37 Å². The van der Waals surface area contributed by atoms with Crippen LogP contribution in [0.25, 0.3) is 11.3 Å². The third kappa shape index (κ3) is 2.52. The number of nitrogens with zero attached hydrogens (tertiary/aromatic N) is 1. The number of hydrogen-bond acceptors (Lipinski definition) is 2. The lowest BCUT2D eigenvalue weighted by atomic mass is 10.1. The van der Waals surface area contributed by atoms with Gasteiger partial charge >= 0.3 is 5.97 Å². The molecule has 0 amide bonds. The number of imidazole rings is 1. The number of aromatic amines is 1. The highest BCUT2D eigenvalue weighted by atomic mass is 79.9. The maximum absolute atomic E-state index is 13.6. The van der Waals surface area contributed by atoms with Crippen molar-refractivity contribution in [2.75, 3.05) is 0 Å². The number of hydrogen-bond donors (Lipinski definition) is 2. The lowest BCUT2D eigenvalue weighted by Gasteiger charge is -2.01. The van der Waals surface area contributed by atoms with E-state index in [2.05, 4.69) is 25.9 Å². The van der Waals surface area contributed by atoms with E-state index >= 15 is 0 Å². The van der Waals surface area contributed by atoms with Crippen molar-refractivity contribution in [1.29, 1.82) is 0 Å². The largest absolute Gasteiger partial charge is 0.481 e. The molecule has 2 N–H and O–H groups in total. The van der Waals surface area contributed by atoms with Gasteiger partial charge in [-0.2, -0.15) is 0 Å². The van der Waals surface area contributed by atoms with Crippen LogP contribution in [0.5, 0.6) is 0 Å². The van der Waals surface area contributed by atoms with Gasteiger partial charge < -0.3 is 10.1 Å². The molecule has 0 spiro atoms. The number of rotatable bonds is 3. The monoisotopic (exact) mass is 298 g/mol. The van der Waals surface area contributed by atoms with Crippen molar-refractivity contribution in [2.24, 2.45) is 0 Å². The van der Waals surface area contributed by atoms with Gasteiger partial charge in [0, 0.05) is 5.56 Å². The molecule has 2 aromatic rings. The second kappa shape index (κ2) is 4.67. The van der Waals surface area contributed by atoms with Gasteiger partial charge in [0.2, 0.25) is 0 Å². The molecule has 0 aliphatic rings. The standard InChI is InChI=1S/C11H8BrFN2O2/c12-11-14-8(5-9(16)17)10(15-11)6-3-1-2-4-7(6)13/h1-4H,5H2,(H,14,15)(H,16,17). The molecule has 0 aliphatic carbocycles. The van der Waals surface area contributed by atoms with Crippen LogP contribution in [0.3, 0.4) is 0 Å². The zero-order chi connectivity index (χ0) is 12.4. The molecule has 0 unspecified atom stereocenters. The zero-order valence-corrected chi connectivity index (χ0v) is 10.2. The fourth-order valence-electron chi connectivity index (χ4n) is 1.53. The van der Waals surface area contributed by atoms with Crippen molar-refractivity contribution in [1.82, 2.24) is 9.97 Å². The Morgan fingerprint density at radius 1 is 1.47 bits per heavy atom. The van der Waals surface area contributed by atoms with E-state index in [-0.39, 0.29) is 12.0 Å². The molecule has 6 heteroatoms. The molecule has 0 radical (unpaired) electrons. The highest BCUT2D eigenvalue weighted by Crippen LogP contribution is 2.26. The number of nitrogens with one attached hydrogen (secondary N) is 1. The summed E-state index contributed by atoms with van der Waals surface area (Å²) < 4.78 is 14.0. The summed E-state index contributed by atoms with van der Waals surface area (Å²) in [4.78, 5) is 17.5. The van der Waals surface area contributed by atoms with Crippen LogP contribution < -0.4 is 0 Å². The molecule has 2 rings (SSSR count). The van der Waals surface area contributed by atoms with Crippen LogP contribution in [-0.4, -0.2) is 21.0 Å². The number of aromatic nitrogens is 2. The molecular formula is C11H8BrFN2O2. The van der Waals surface area contributed by atoms with Crippen LogP contribution in [0.1, 0.15) is 5.69 Å². The topological polar surface area (TPSA) is 66.0 Å². The minimum absolute atomic E-state index is 0.234. The number of carboxylic acids is 1. The van der Waals surface area contributed by atoms with E-state index in [0.29, 0.717) is 16.1 Å². The number of halogens is 2. The molecule has 0 saturated heterocycles. The molecule has 1 heterocycles. The van der Waals surface area contributed by atoms with Crippen molar-refractivity contribution in [3.8, 4) is 11.3 Å². The second-order valence-corrected chi connectivity index (χ2v) is 4.16. The predicted octanol–water partition coefficient (Wildman–Crippen LogP) is 2.61. The van der Waals surface area contributed by atoms with Gasteiger partial charge in [-0.3, -0.25) is 4.79 Å². The minimum Gasteiger partial charge on any atom is -0.481 e. The lowest BCUT2D eigenvalue weighted by molar-refractivity contribution is -0.136. The van der Waals surface area contributed by atoms with Crippen LogP contribution in [0, 0.1) is 5.82 Å².